The average Bonchev–Trinajstić information content (AvgIpc) is 2.61. The maximum absolute atomic E-state index is 13.2. The van der Waals surface area contributed by atoms with Crippen LogP contribution in [0.1, 0.15) is 27.2 Å². The Labute approximate surface area is 111 Å². The van der Waals surface area contributed by atoms with Crippen LogP contribution in [0.4, 0.5) is 19.3 Å². The summed E-state index contributed by atoms with van der Waals surface area (Å²) in [5, 5.41) is 0. The zero-order chi connectivity index (χ0) is 14.2. The van der Waals surface area contributed by atoms with E-state index in [4.69, 9.17) is 4.74 Å². The lowest BCUT2D eigenvalue weighted by molar-refractivity contribution is 0.114. The van der Waals surface area contributed by atoms with Crippen LogP contribution >= 0.6 is 0 Å². The number of rotatable bonds is 2. The SMILES string of the molecule is CC(C)(C)CC1CN(c2ccc(F)c(F)c2)C(=O)O1. The maximum atomic E-state index is 13.2. The zero-order valence-electron chi connectivity index (χ0n) is 11.2. The van der Waals surface area contributed by atoms with E-state index in [1.165, 1.54) is 11.0 Å². The van der Waals surface area contributed by atoms with Crippen LogP contribution in [0.5, 0.6) is 0 Å². The van der Waals surface area contributed by atoms with Crippen molar-refractivity contribution >= 4 is 11.8 Å². The quantitative estimate of drug-likeness (QED) is 0.818. The van der Waals surface area contributed by atoms with Crippen LogP contribution in [-0.4, -0.2) is 18.7 Å². The van der Waals surface area contributed by atoms with Gasteiger partial charge in [0, 0.05) is 6.07 Å². The number of ether oxygens (including phenoxy) is 1. The predicted octanol–water partition coefficient (Wildman–Crippen LogP) is 3.73. The van der Waals surface area contributed by atoms with E-state index in [9.17, 15) is 13.6 Å². The first-order valence-electron chi connectivity index (χ1n) is 6.19. The molecule has 1 aliphatic rings. The van der Waals surface area contributed by atoms with Gasteiger partial charge in [-0.3, -0.25) is 4.90 Å². The number of halogens is 2. The number of hydrogen-bond donors (Lipinski definition) is 0. The molecule has 0 bridgehead atoms. The van der Waals surface area contributed by atoms with Crippen molar-refractivity contribution in [2.45, 2.75) is 33.3 Å². The first-order valence-corrected chi connectivity index (χ1v) is 6.19. The summed E-state index contributed by atoms with van der Waals surface area (Å²) in [6.45, 7) is 6.53. The Morgan fingerprint density at radius 1 is 1.32 bits per heavy atom. The first-order chi connectivity index (χ1) is 8.76. The molecule has 19 heavy (non-hydrogen) atoms. The van der Waals surface area contributed by atoms with E-state index in [1.54, 1.807) is 0 Å². The largest absolute Gasteiger partial charge is 0.444 e. The molecule has 0 spiro atoms. The second kappa shape index (κ2) is 4.79. The third-order valence-electron chi connectivity index (χ3n) is 2.93. The molecule has 0 N–H and O–H groups in total. The Kier molecular flexibility index (Phi) is 3.47. The molecule has 1 amide bonds. The van der Waals surface area contributed by atoms with E-state index >= 15 is 0 Å². The van der Waals surface area contributed by atoms with E-state index < -0.39 is 17.7 Å². The van der Waals surface area contributed by atoms with Crippen molar-refractivity contribution in [3.8, 4) is 0 Å². The second-order valence-corrected chi connectivity index (χ2v) is 5.98. The van der Waals surface area contributed by atoms with Crippen molar-refractivity contribution in [3.63, 3.8) is 0 Å². The topological polar surface area (TPSA) is 29.5 Å². The molecule has 3 nitrogen and oxygen atoms in total. The number of carbonyl (C=O) groups excluding carboxylic acids is 1. The van der Waals surface area contributed by atoms with Crippen molar-refractivity contribution in [1.29, 1.82) is 0 Å². The summed E-state index contributed by atoms with van der Waals surface area (Å²) in [5.74, 6) is -1.90. The maximum Gasteiger partial charge on any atom is 0.414 e. The fourth-order valence-electron chi connectivity index (χ4n) is 2.17. The highest BCUT2D eigenvalue weighted by Gasteiger charge is 2.34. The first kappa shape index (κ1) is 13.8. The molecule has 1 atom stereocenters. The summed E-state index contributed by atoms with van der Waals surface area (Å²) in [5.41, 5.74) is 0.356. The lowest BCUT2D eigenvalue weighted by Gasteiger charge is -2.21. The van der Waals surface area contributed by atoms with E-state index in [0.717, 1.165) is 18.6 Å². The van der Waals surface area contributed by atoms with Crippen LogP contribution in [0.2, 0.25) is 0 Å². The van der Waals surface area contributed by atoms with Crippen molar-refractivity contribution in [2.24, 2.45) is 5.41 Å². The van der Waals surface area contributed by atoms with E-state index in [1.807, 2.05) is 0 Å². The molecule has 1 fully saturated rings. The van der Waals surface area contributed by atoms with Gasteiger partial charge in [-0.05, 0) is 24.0 Å². The van der Waals surface area contributed by atoms with Gasteiger partial charge in [0.05, 0.1) is 12.2 Å². The number of anilines is 1. The smallest absolute Gasteiger partial charge is 0.414 e. The van der Waals surface area contributed by atoms with Crippen LogP contribution in [0.25, 0.3) is 0 Å². The van der Waals surface area contributed by atoms with Gasteiger partial charge in [0.15, 0.2) is 11.6 Å². The minimum absolute atomic E-state index is 0.0367. The Balaban J connectivity index is 2.13. The molecule has 2 rings (SSSR count). The summed E-state index contributed by atoms with van der Waals surface area (Å²) >= 11 is 0. The molecular formula is C14H17F2NO2. The van der Waals surface area contributed by atoms with Crippen LogP contribution in [0, 0.1) is 17.0 Å². The van der Waals surface area contributed by atoms with Gasteiger partial charge in [-0.25, -0.2) is 13.6 Å². The number of nitrogens with zero attached hydrogens (tertiary/aromatic N) is 1. The zero-order valence-corrected chi connectivity index (χ0v) is 11.2. The molecule has 104 valence electrons. The highest BCUT2D eigenvalue weighted by atomic mass is 19.2. The average molecular weight is 269 g/mol. The van der Waals surface area contributed by atoms with Gasteiger partial charge >= 0.3 is 6.09 Å². The number of benzene rings is 1. The van der Waals surface area contributed by atoms with Crippen LogP contribution in [0.3, 0.4) is 0 Å². The van der Waals surface area contributed by atoms with Gasteiger partial charge in [-0.2, -0.15) is 0 Å². The van der Waals surface area contributed by atoms with Crippen molar-refractivity contribution in [3.05, 3.63) is 29.8 Å². The van der Waals surface area contributed by atoms with Crippen molar-refractivity contribution in [1.82, 2.24) is 0 Å². The van der Waals surface area contributed by atoms with Gasteiger partial charge in [0.1, 0.15) is 6.10 Å². The Hall–Kier alpha value is -1.65. The molecule has 0 aliphatic carbocycles. The van der Waals surface area contributed by atoms with E-state index in [2.05, 4.69) is 20.8 Å². The summed E-state index contributed by atoms with van der Waals surface area (Å²) < 4.78 is 31.3. The molecule has 1 saturated heterocycles. The third kappa shape index (κ3) is 3.22. The molecule has 1 aromatic rings. The lowest BCUT2D eigenvalue weighted by Crippen LogP contribution is -2.26. The standard InChI is InChI=1S/C14H17F2NO2/c1-14(2,3)7-10-8-17(13(18)19-10)9-4-5-11(15)12(16)6-9/h4-6,10H,7-8H2,1-3H3. The van der Waals surface area contributed by atoms with E-state index in [0.29, 0.717) is 12.2 Å². The Morgan fingerprint density at radius 3 is 2.58 bits per heavy atom. The molecule has 1 unspecified atom stereocenters. The molecular weight excluding hydrogens is 252 g/mol. The minimum Gasteiger partial charge on any atom is -0.444 e. The van der Waals surface area contributed by atoms with Crippen LogP contribution < -0.4 is 4.90 Å². The van der Waals surface area contributed by atoms with Gasteiger partial charge in [0.2, 0.25) is 0 Å². The molecule has 5 heteroatoms. The summed E-state index contributed by atoms with van der Waals surface area (Å²) in [4.78, 5) is 13.1. The fraction of sp³-hybridized carbons (Fsp3) is 0.500. The molecule has 0 aromatic heterocycles. The van der Waals surface area contributed by atoms with Gasteiger partial charge in [-0.1, -0.05) is 20.8 Å². The van der Waals surface area contributed by atoms with E-state index in [-0.39, 0.29) is 11.5 Å². The van der Waals surface area contributed by atoms with Crippen molar-refractivity contribution < 1.29 is 18.3 Å². The Morgan fingerprint density at radius 2 is 2.00 bits per heavy atom. The number of hydrogen-bond acceptors (Lipinski definition) is 2. The number of amides is 1. The van der Waals surface area contributed by atoms with Crippen LogP contribution in [-0.2, 0) is 4.74 Å². The molecule has 1 heterocycles. The highest BCUT2D eigenvalue weighted by Crippen LogP contribution is 2.29. The van der Waals surface area contributed by atoms with Gasteiger partial charge in [0.25, 0.3) is 0 Å². The summed E-state index contributed by atoms with van der Waals surface area (Å²) in [7, 11) is 0. The van der Waals surface area contributed by atoms with Crippen molar-refractivity contribution in [2.75, 3.05) is 11.4 Å². The summed E-state index contributed by atoms with van der Waals surface area (Å²) in [6.07, 6.45) is -0.0142. The van der Waals surface area contributed by atoms with Gasteiger partial charge in [-0.15, -0.1) is 0 Å². The second-order valence-electron chi connectivity index (χ2n) is 5.98. The lowest BCUT2D eigenvalue weighted by atomic mass is 9.89. The van der Waals surface area contributed by atoms with Crippen LogP contribution in [0.15, 0.2) is 18.2 Å². The summed E-state index contributed by atoms with van der Waals surface area (Å²) in [6, 6.07) is 3.39. The fourth-order valence-corrected chi connectivity index (χ4v) is 2.17. The minimum atomic E-state index is -0.968. The Bertz CT molecular complexity index is 497. The normalized spacial score (nSPS) is 19.7. The van der Waals surface area contributed by atoms with Gasteiger partial charge < -0.3 is 4.74 Å². The highest BCUT2D eigenvalue weighted by molar-refractivity contribution is 5.89. The third-order valence-corrected chi connectivity index (χ3v) is 2.93. The predicted molar refractivity (Wildman–Crippen MR) is 68.0 cm³/mol. The number of cyclic esters (lactones) is 1. The molecule has 1 aliphatic heterocycles. The monoisotopic (exact) mass is 269 g/mol. The molecule has 0 radical (unpaired) electrons. The number of carbonyl (C=O) groups is 1. The molecule has 1 aromatic carbocycles. The molecule has 0 saturated carbocycles.